The molecule has 5 aliphatic carbocycles. The second kappa shape index (κ2) is 12.0. The zero-order chi connectivity index (χ0) is 41.8. The third kappa shape index (κ3) is 3.99. The summed E-state index contributed by atoms with van der Waals surface area (Å²) in [6.07, 6.45) is 7.75. The molecule has 9 aromatic rings. The van der Waals surface area contributed by atoms with Crippen LogP contribution < -0.4 is 11.2 Å². The highest BCUT2D eigenvalue weighted by Gasteiger charge is 2.59. The average Bonchev–Trinajstić information content (AvgIpc) is 3.98. The molecular weight excluding hydrogens is 769 g/mol. The Labute approximate surface area is 364 Å². The highest BCUT2D eigenvalue weighted by atomic mass is 16.2. The van der Waals surface area contributed by atoms with Gasteiger partial charge >= 0.3 is 5.69 Å². The van der Waals surface area contributed by atoms with Gasteiger partial charge in [0.25, 0.3) is 5.56 Å². The Balaban J connectivity index is 1.04. The minimum Gasteiger partial charge on any atom is -0.268 e. The van der Waals surface area contributed by atoms with Crippen molar-refractivity contribution in [3.63, 3.8) is 0 Å². The second-order valence-electron chi connectivity index (χ2n) is 18.0. The Hall–Kier alpha value is -7.82. The molecule has 0 bridgehead atoms. The first-order valence-corrected chi connectivity index (χ1v) is 21.9. The van der Waals surface area contributed by atoms with Crippen LogP contribution in [0.3, 0.4) is 0 Å². The molecule has 63 heavy (non-hydrogen) atoms. The Morgan fingerprint density at radius 2 is 0.873 bits per heavy atom. The molecule has 296 valence electrons. The maximum absolute atomic E-state index is 15.6. The normalized spacial score (nSPS) is 19.5. The van der Waals surface area contributed by atoms with E-state index in [2.05, 4.69) is 177 Å². The van der Waals surface area contributed by atoms with Gasteiger partial charge in [-0.3, -0.25) is 9.36 Å². The van der Waals surface area contributed by atoms with Gasteiger partial charge in [0.2, 0.25) is 0 Å². The van der Waals surface area contributed by atoms with Crippen LogP contribution in [-0.2, 0) is 16.2 Å². The van der Waals surface area contributed by atoms with Crippen molar-refractivity contribution in [2.75, 3.05) is 0 Å². The Morgan fingerprint density at radius 1 is 0.429 bits per heavy atom. The van der Waals surface area contributed by atoms with Crippen molar-refractivity contribution in [3.8, 4) is 44.8 Å². The van der Waals surface area contributed by atoms with E-state index in [0.29, 0.717) is 16.6 Å². The molecule has 4 heteroatoms. The number of hydrogen-bond acceptors (Lipinski definition) is 2. The number of fused-ring (bicyclic) bond motifs is 21. The molecule has 0 amide bonds. The van der Waals surface area contributed by atoms with Gasteiger partial charge in [-0.05, 0) is 126 Å². The van der Waals surface area contributed by atoms with E-state index >= 15 is 4.79 Å². The molecule has 14 rings (SSSR count). The number of benzene rings is 8. The fourth-order valence-electron chi connectivity index (χ4n) is 12.9. The van der Waals surface area contributed by atoms with Crippen LogP contribution in [-0.4, -0.2) is 9.13 Å². The van der Waals surface area contributed by atoms with E-state index in [0.717, 1.165) is 39.9 Å². The quantitative estimate of drug-likeness (QED) is 0.175. The lowest BCUT2D eigenvalue weighted by atomic mass is 9.65. The van der Waals surface area contributed by atoms with Crippen molar-refractivity contribution < 1.29 is 0 Å². The summed E-state index contributed by atoms with van der Waals surface area (Å²) in [7, 11) is 0. The lowest BCUT2D eigenvalue weighted by Crippen LogP contribution is -2.38. The minimum atomic E-state index is -0.618. The third-order valence-corrected chi connectivity index (χ3v) is 15.3. The van der Waals surface area contributed by atoms with Gasteiger partial charge in [-0.2, -0.15) is 0 Å². The molecule has 1 heterocycles. The second-order valence-corrected chi connectivity index (χ2v) is 18.0. The number of aromatic nitrogens is 2. The zero-order valence-electron chi connectivity index (χ0n) is 34.5. The highest BCUT2D eigenvalue weighted by molar-refractivity contribution is 5.96. The van der Waals surface area contributed by atoms with Crippen LogP contribution >= 0.6 is 0 Å². The summed E-state index contributed by atoms with van der Waals surface area (Å²) in [4.78, 5) is 30.6. The standard InChI is InChI=1S/C59H38N2O2/c1-57-33-15-14-28-54(57)59(50-26-12-11-25-49(50)57)48-24-10-5-19-41(48)43-31-29-36(34-52(43)59)60-53-27-13-6-20-44(53)55(62)61(56(60)63)37-30-32-42-40-18-4-9-23-47(40)58(51(42)35-37)45-21-7-2-16-38(45)39-17-3-8-22-46(39)58/h2-32,34-35H,33H2,1H3. The van der Waals surface area contributed by atoms with E-state index in [4.69, 9.17) is 0 Å². The third-order valence-electron chi connectivity index (χ3n) is 15.3. The van der Waals surface area contributed by atoms with Crippen LogP contribution in [0.2, 0.25) is 0 Å². The predicted octanol–water partition coefficient (Wildman–Crippen LogP) is 12.0. The number of nitrogens with zero attached hydrogens (tertiary/aromatic N) is 2. The van der Waals surface area contributed by atoms with Crippen molar-refractivity contribution in [1.29, 1.82) is 0 Å². The molecule has 0 fully saturated rings. The first-order chi connectivity index (χ1) is 31.0. The van der Waals surface area contributed by atoms with Gasteiger partial charge in [0, 0.05) is 5.41 Å². The maximum atomic E-state index is 15.6. The van der Waals surface area contributed by atoms with E-state index in [9.17, 15) is 4.79 Å². The topological polar surface area (TPSA) is 44.0 Å². The van der Waals surface area contributed by atoms with Crippen LogP contribution in [0, 0.1) is 0 Å². The van der Waals surface area contributed by atoms with Crippen LogP contribution in [0.5, 0.6) is 0 Å². The van der Waals surface area contributed by atoms with E-state index in [1.165, 1.54) is 60.2 Å². The Morgan fingerprint density at radius 3 is 1.46 bits per heavy atom. The lowest BCUT2D eigenvalue weighted by molar-refractivity contribution is 0.544. The minimum absolute atomic E-state index is 0.197. The Kier molecular flexibility index (Phi) is 6.62. The predicted molar refractivity (Wildman–Crippen MR) is 252 cm³/mol. The zero-order valence-corrected chi connectivity index (χ0v) is 34.5. The van der Waals surface area contributed by atoms with Gasteiger partial charge < -0.3 is 0 Å². The lowest BCUT2D eigenvalue weighted by Gasteiger charge is -2.37. The molecule has 0 saturated carbocycles. The van der Waals surface area contributed by atoms with Crippen molar-refractivity contribution in [2.45, 2.75) is 29.6 Å². The number of rotatable bonds is 2. The fourth-order valence-corrected chi connectivity index (χ4v) is 12.9. The van der Waals surface area contributed by atoms with Gasteiger partial charge in [-0.15, -0.1) is 0 Å². The summed E-state index contributed by atoms with van der Waals surface area (Å²) in [6.45, 7) is 2.39. The van der Waals surface area contributed by atoms with E-state index in [1.54, 1.807) is 4.57 Å². The van der Waals surface area contributed by atoms with Gasteiger partial charge in [-0.25, -0.2) is 9.36 Å². The van der Waals surface area contributed by atoms with E-state index in [-0.39, 0.29) is 11.0 Å². The average molecular weight is 807 g/mol. The molecule has 0 N–H and O–H groups in total. The first kappa shape index (κ1) is 34.8. The van der Waals surface area contributed by atoms with Crippen LogP contribution in [0.15, 0.2) is 215 Å². The SMILES string of the molecule is CC12CC=CC=C1C1(c3ccccc3-c3ccc(-n4c(=O)n(-c5ccc6c(c5)C5(c7ccccc7-c7ccccc75)c5ccccc5-6)c(=O)c5ccccc54)cc31)c1ccccc12. The molecule has 0 saturated heterocycles. The van der Waals surface area contributed by atoms with E-state index < -0.39 is 16.5 Å². The summed E-state index contributed by atoms with van der Waals surface area (Å²) in [6, 6.07) is 64.0. The Bertz CT molecular complexity index is 3690. The maximum Gasteiger partial charge on any atom is 0.340 e. The number of allylic oxidation sites excluding steroid dienone is 4. The molecule has 2 spiro atoms. The van der Waals surface area contributed by atoms with Crippen LogP contribution in [0.25, 0.3) is 55.7 Å². The van der Waals surface area contributed by atoms with Gasteiger partial charge in [0.05, 0.1) is 33.1 Å². The summed E-state index contributed by atoms with van der Waals surface area (Å²) < 4.78 is 3.17. The van der Waals surface area contributed by atoms with Crippen LogP contribution in [0.1, 0.15) is 57.9 Å². The summed E-state index contributed by atoms with van der Waals surface area (Å²) in [5.41, 5.74) is 17.9. The van der Waals surface area contributed by atoms with Gasteiger partial charge in [0.1, 0.15) is 0 Å². The van der Waals surface area contributed by atoms with Gasteiger partial charge in [-0.1, -0.05) is 171 Å². The molecule has 8 aromatic carbocycles. The van der Waals surface area contributed by atoms with Crippen molar-refractivity contribution in [2.24, 2.45) is 0 Å². The molecule has 0 radical (unpaired) electrons. The van der Waals surface area contributed by atoms with Crippen molar-refractivity contribution >= 4 is 10.9 Å². The molecule has 1 aromatic heterocycles. The van der Waals surface area contributed by atoms with E-state index in [1.807, 2.05) is 30.3 Å². The summed E-state index contributed by atoms with van der Waals surface area (Å²) in [5.74, 6) is 0. The number of hydrogen-bond donors (Lipinski definition) is 0. The smallest absolute Gasteiger partial charge is 0.268 e. The van der Waals surface area contributed by atoms with Crippen molar-refractivity contribution in [1.82, 2.24) is 9.13 Å². The molecule has 2 unspecified atom stereocenters. The molecule has 0 aliphatic heterocycles. The monoisotopic (exact) mass is 806 g/mol. The first-order valence-electron chi connectivity index (χ1n) is 21.9. The summed E-state index contributed by atoms with van der Waals surface area (Å²) in [5, 5.41) is 0.476. The highest BCUT2D eigenvalue weighted by Crippen LogP contribution is 2.67. The van der Waals surface area contributed by atoms with Crippen molar-refractivity contribution in [3.05, 3.63) is 271 Å². The van der Waals surface area contributed by atoms with Crippen LogP contribution in [0.4, 0.5) is 0 Å². The molecule has 5 aliphatic rings. The molecule has 2 atom stereocenters. The molecular formula is C59H38N2O2. The molecule has 4 nitrogen and oxygen atoms in total. The number of para-hydroxylation sites is 1. The fraction of sp³-hybridized carbons (Fsp3) is 0.0847. The largest absolute Gasteiger partial charge is 0.340 e. The summed E-state index contributed by atoms with van der Waals surface area (Å²) >= 11 is 0. The van der Waals surface area contributed by atoms with Gasteiger partial charge in [0.15, 0.2) is 0 Å².